The van der Waals surface area contributed by atoms with Crippen LogP contribution in [0.4, 0.5) is 0 Å². The lowest BCUT2D eigenvalue weighted by molar-refractivity contribution is -0.124. The number of benzene rings is 1. The Kier molecular flexibility index (Phi) is 6.40. The monoisotopic (exact) mass is 352 g/mol. The van der Waals surface area contributed by atoms with E-state index in [-0.39, 0.29) is 22.8 Å². The fourth-order valence-electron chi connectivity index (χ4n) is 2.98. The molecule has 1 aromatic rings. The molecule has 6 heteroatoms. The fourth-order valence-corrected chi connectivity index (χ4v) is 4.33. The molecular weight excluding hydrogens is 324 g/mol. The zero-order valence-corrected chi connectivity index (χ0v) is 15.5. The Hall–Kier alpha value is -1.40. The van der Waals surface area contributed by atoms with Crippen LogP contribution >= 0.6 is 0 Å². The Morgan fingerprint density at radius 1 is 1.08 bits per heavy atom. The van der Waals surface area contributed by atoms with Gasteiger partial charge in [0, 0.05) is 6.04 Å². The van der Waals surface area contributed by atoms with Crippen LogP contribution in [0.1, 0.15) is 51.5 Å². The lowest BCUT2D eigenvalue weighted by Crippen LogP contribution is -2.52. The predicted octanol–water partition coefficient (Wildman–Crippen LogP) is 2.75. The zero-order chi connectivity index (χ0) is 17.7. The maximum atomic E-state index is 12.6. The molecule has 2 N–H and O–H groups in total. The number of sulfonamides is 1. The largest absolute Gasteiger partial charge is 0.352 e. The molecule has 1 unspecified atom stereocenters. The number of hydrogen-bond acceptors (Lipinski definition) is 3. The fraction of sp³-hybridized carbons (Fsp3) is 0.611. The summed E-state index contributed by atoms with van der Waals surface area (Å²) in [6, 6.07) is 6.03. The minimum Gasteiger partial charge on any atom is -0.352 e. The molecule has 24 heavy (non-hydrogen) atoms. The van der Waals surface area contributed by atoms with Crippen molar-refractivity contribution < 1.29 is 13.2 Å². The van der Waals surface area contributed by atoms with E-state index in [1.807, 2.05) is 20.8 Å². The zero-order valence-electron chi connectivity index (χ0n) is 14.7. The van der Waals surface area contributed by atoms with Crippen molar-refractivity contribution in [1.82, 2.24) is 10.0 Å². The van der Waals surface area contributed by atoms with E-state index in [1.165, 1.54) is 6.42 Å². The summed E-state index contributed by atoms with van der Waals surface area (Å²) in [5.41, 5.74) is 0.990. The molecule has 1 saturated carbocycles. The number of aryl methyl sites for hydroxylation is 1. The van der Waals surface area contributed by atoms with Crippen molar-refractivity contribution in [2.75, 3.05) is 0 Å². The van der Waals surface area contributed by atoms with E-state index >= 15 is 0 Å². The summed E-state index contributed by atoms with van der Waals surface area (Å²) in [4.78, 5) is 12.8. The summed E-state index contributed by atoms with van der Waals surface area (Å²) >= 11 is 0. The van der Waals surface area contributed by atoms with Crippen molar-refractivity contribution in [3.05, 3.63) is 29.8 Å². The normalized spacial score (nSPS) is 17.7. The van der Waals surface area contributed by atoms with E-state index in [4.69, 9.17) is 0 Å². The van der Waals surface area contributed by atoms with Gasteiger partial charge in [-0.2, -0.15) is 4.72 Å². The third-order valence-electron chi connectivity index (χ3n) is 4.51. The second kappa shape index (κ2) is 8.12. The van der Waals surface area contributed by atoms with Crippen LogP contribution in [0, 0.1) is 12.8 Å². The summed E-state index contributed by atoms with van der Waals surface area (Å²) in [7, 11) is -3.72. The number of hydrogen-bond donors (Lipinski definition) is 2. The molecule has 0 bridgehead atoms. The lowest BCUT2D eigenvalue weighted by atomic mass is 9.94. The van der Waals surface area contributed by atoms with Crippen molar-refractivity contribution in [3.8, 4) is 0 Å². The number of carbonyl (C=O) groups excluding carboxylic acids is 1. The minimum atomic E-state index is -3.72. The second-order valence-electron chi connectivity index (χ2n) is 7.00. The van der Waals surface area contributed by atoms with Gasteiger partial charge in [-0.15, -0.1) is 0 Å². The first-order valence-corrected chi connectivity index (χ1v) is 10.2. The SMILES string of the molecule is Cc1ccc(S(=O)(=O)NC(C(=O)NC2CCCCC2)C(C)C)cc1. The average Bonchev–Trinajstić information content (AvgIpc) is 2.53. The van der Waals surface area contributed by atoms with E-state index in [1.54, 1.807) is 24.3 Å². The number of amides is 1. The molecule has 5 nitrogen and oxygen atoms in total. The van der Waals surface area contributed by atoms with Crippen LogP contribution in [-0.4, -0.2) is 26.4 Å². The van der Waals surface area contributed by atoms with Crippen molar-refractivity contribution in [2.24, 2.45) is 5.92 Å². The molecule has 0 radical (unpaired) electrons. The van der Waals surface area contributed by atoms with Crippen LogP contribution in [-0.2, 0) is 14.8 Å². The lowest BCUT2D eigenvalue weighted by Gasteiger charge is -2.27. The first-order chi connectivity index (χ1) is 11.3. The number of carbonyl (C=O) groups is 1. The highest BCUT2D eigenvalue weighted by molar-refractivity contribution is 7.89. The molecule has 1 fully saturated rings. The Morgan fingerprint density at radius 3 is 2.21 bits per heavy atom. The van der Waals surface area contributed by atoms with Crippen LogP contribution in [0.25, 0.3) is 0 Å². The standard InChI is InChI=1S/C18H28N2O3S/c1-13(2)17(18(21)19-15-7-5-4-6-8-15)20-24(22,23)16-11-9-14(3)10-12-16/h9-13,15,17,20H,4-8H2,1-3H3,(H,19,21). The smallest absolute Gasteiger partial charge is 0.241 e. The average molecular weight is 353 g/mol. The van der Waals surface area contributed by atoms with Gasteiger partial charge >= 0.3 is 0 Å². The summed E-state index contributed by atoms with van der Waals surface area (Å²) in [5.74, 6) is -0.360. The van der Waals surface area contributed by atoms with Gasteiger partial charge in [-0.3, -0.25) is 4.79 Å². The Labute approximate surface area is 145 Å². The summed E-state index contributed by atoms with van der Waals surface area (Å²) in [6.07, 6.45) is 5.39. The van der Waals surface area contributed by atoms with Gasteiger partial charge in [0.1, 0.15) is 6.04 Å². The van der Waals surface area contributed by atoms with Gasteiger partial charge < -0.3 is 5.32 Å². The summed E-state index contributed by atoms with van der Waals surface area (Å²) in [6.45, 7) is 5.60. The minimum absolute atomic E-state index is 0.131. The molecule has 1 amide bonds. The Bertz CT molecular complexity index is 647. The molecule has 1 aliphatic carbocycles. The molecule has 0 heterocycles. The van der Waals surface area contributed by atoms with Crippen LogP contribution in [0.2, 0.25) is 0 Å². The van der Waals surface area contributed by atoms with Gasteiger partial charge in [-0.05, 0) is 37.8 Å². The van der Waals surface area contributed by atoms with E-state index in [0.717, 1.165) is 31.2 Å². The molecule has 0 aliphatic heterocycles. The molecular formula is C18H28N2O3S. The van der Waals surface area contributed by atoms with Crippen LogP contribution in [0.5, 0.6) is 0 Å². The van der Waals surface area contributed by atoms with Crippen LogP contribution < -0.4 is 10.0 Å². The number of rotatable bonds is 6. The van der Waals surface area contributed by atoms with Crippen molar-refractivity contribution in [1.29, 1.82) is 0 Å². The van der Waals surface area contributed by atoms with Gasteiger partial charge in [0.2, 0.25) is 15.9 Å². The summed E-state index contributed by atoms with van der Waals surface area (Å²) < 4.78 is 27.7. The van der Waals surface area contributed by atoms with Crippen molar-refractivity contribution in [2.45, 2.75) is 69.9 Å². The topological polar surface area (TPSA) is 75.3 Å². The summed E-state index contributed by atoms with van der Waals surface area (Å²) in [5, 5.41) is 3.02. The van der Waals surface area contributed by atoms with E-state index < -0.39 is 16.1 Å². The van der Waals surface area contributed by atoms with Crippen molar-refractivity contribution in [3.63, 3.8) is 0 Å². The van der Waals surface area contributed by atoms with Crippen LogP contribution in [0.3, 0.4) is 0 Å². The predicted molar refractivity (Wildman–Crippen MR) is 95.1 cm³/mol. The Morgan fingerprint density at radius 2 is 1.67 bits per heavy atom. The highest BCUT2D eigenvalue weighted by atomic mass is 32.2. The maximum Gasteiger partial charge on any atom is 0.241 e. The first kappa shape index (κ1) is 18.9. The molecule has 1 aromatic carbocycles. The maximum absolute atomic E-state index is 12.6. The number of nitrogens with one attached hydrogen (secondary N) is 2. The molecule has 1 aliphatic rings. The molecule has 0 saturated heterocycles. The first-order valence-electron chi connectivity index (χ1n) is 8.69. The third kappa shape index (κ3) is 5.05. The Balaban J connectivity index is 2.09. The van der Waals surface area contributed by atoms with Gasteiger partial charge in [0.05, 0.1) is 4.90 Å². The molecule has 2 rings (SSSR count). The second-order valence-corrected chi connectivity index (χ2v) is 8.71. The van der Waals surface area contributed by atoms with E-state index in [9.17, 15) is 13.2 Å². The van der Waals surface area contributed by atoms with E-state index in [2.05, 4.69) is 10.0 Å². The van der Waals surface area contributed by atoms with Gasteiger partial charge in [-0.1, -0.05) is 50.8 Å². The third-order valence-corrected chi connectivity index (χ3v) is 5.97. The highest BCUT2D eigenvalue weighted by Gasteiger charge is 2.29. The molecule has 134 valence electrons. The van der Waals surface area contributed by atoms with Crippen molar-refractivity contribution >= 4 is 15.9 Å². The highest BCUT2D eigenvalue weighted by Crippen LogP contribution is 2.18. The molecule has 0 spiro atoms. The van der Waals surface area contributed by atoms with Crippen LogP contribution in [0.15, 0.2) is 29.2 Å². The van der Waals surface area contributed by atoms with E-state index in [0.29, 0.717) is 0 Å². The molecule has 1 atom stereocenters. The molecule has 0 aromatic heterocycles. The van der Waals surface area contributed by atoms with Gasteiger partial charge in [-0.25, -0.2) is 8.42 Å². The van der Waals surface area contributed by atoms with Gasteiger partial charge in [0.15, 0.2) is 0 Å². The van der Waals surface area contributed by atoms with Gasteiger partial charge in [0.25, 0.3) is 0 Å². The quantitative estimate of drug-likeness (QED) is 0.826.